The SMILES string of the molecule is N#Cc1cc(NC(=O)c2ccc(S(=O)(=O)Nc3ccccc3F)cc2)ccc1OCC(F)(F)F. The molecule has 0 aliphatic heterocycles. The summed E-state index contributed by atoms with van der Waals surface area (Å²) in [5.41, 5.74) is -0.289. The van der Waals surface area contributed by atoms with Crippen LogP contribution in [0.4, 0.5) is 28.9 Å². The van der Waals surface area contributed by atoms with Gasteiger partial charge in [-0.3, -0.25) is 9.52 Å². The van der Waals surface area contributed by atoms with Crippen LogP contribution in [0.1, 0.15) is 15.9 Å². The highest BCUT2D eigenvalue weighted by molar-refractivity contribution is 7.92. The predicted molar refractivity (Wildman–Crippen MR) is 114 cm³/mol. The van der Waals surface area contributed by atoms with Gasteiger partial charge >= 0.3 is 6.18 Å². The Hall–Kier alpha value is -4.11. The molecule has 3 aromatic carbocycles. The normalized spacial score (nSPS) is 11.4. The van der Waals surface area contributed by atoms with Crippen molar-refractivity contribution in [2.75, 3.05) is 16.6 Å². The van der Waals surface area contributed by atoms with Gasteiger partial charge in [0.15, 0.2) is 6.61 Å². The third kappa shape index (κ3) is 6.23. The Balaban J connectivity index is 1.71. The molecule has 176 valence electrons. The number of sulfonamides is 1. The van der Waals surface area contributed by atoms with E-state index < -0.39 is 34.5 Å². The summed E-state index contributed by atoms with van der Waals surface area (Å²) < 4.78 is 82.3. The van der Waals surface area contributed by atoms with Crippen molar-refractivity contribution in [2.45, 2.75) is 11.1 Å². The van der Waals surface area contributed by atoms with Crippen LogP contribution in [0.15, 0.2) is 71.6 Å². The molecule has 12 heteroatoms. The topological polar surface area (TPSA) is 108 Å². The Kier molecular flexibility index (Phi) is 7.07. The lowest BCUT2D eigenvalue weighted by atomic mass is 10.1. The van der Waals surface area contributed by atoms with Crippen molar-refractivity contribution in [3.05, 3.63) is 83.7 Å². The maximum Gasteiger partial charge on any atom is 0.422 e. The molecule has 3 rings (SSSR count). The molecule has 7 nitrogen and oxygen atoms in total. The maximum atomic E-state index is 13.7. The Bertz CT molecular complexity index is 1350. The van der Waals surface area contributed by atoms with E-state index >= 15 is 0 Å². The molecule has 0 heterocycles. The number of carbonyl (C=O) groups is 1. The summed E-state index contributed by atoms with van der Waals surface area (Å²) >= 11 is 0. The maximum absolute atomic E-state index is 13.7. The lowest BCUT2D eigenvalue weighted by Crippen LogP contribution is -2.19. The van der Waals surface area contributed by atoms with Crippen LogP contribution in [0.3, 0.4) is 0 Å². The van der Waals surface area contributed by atoms with E-state index in [9.17, 15) is 30.8 Å². The molecule has 34 heavy (non-hydrogen) atoms. The number of alkyl halides is 3. The third-order valence-corrected chi connectivity index (χ3v) is 5.68. The first-order chi connectivity index (χ1) is 16.0. The number of amides is 1. The first-order valence-electron chi connectivity index (χ1n) is 9.41. The van der Waals surface area contributed by atoms with Crippen molar-refractivity contribution in [3.63, 3.8) is 0 Å². The lowest BCUT2D eigenvalue weighted by molar-refractivity contribution is -0.153. The van der Waals surface area contributed by atoms with Crippen LogP contribution in [-0.4, -0.2) is 27.1 Å². The van der Waals surface area contributed by atoms with Gasteiger partial charge in [-0.2, -0.15) is 18.4 Å². The molecule has 0 aliphatic carbocycles. The van der Waals surface area contributed by atoms with E-state index in [4.69, 9.17) is 5.26 Å². The molecular formula is C22H15F4N3O4S. The monoisotopic (exact) mass is 493 g/mol. The smallest absolute Gasteiger partial charge is 0.422 e. The van der Waals surface area contributed by atoms with Crippen LogP contribution in [0.2, 0.25) is 0 Å². The highest BCUT2D eigenvalue weighted by Gasteiger charge is 2.29. The van der Waals surface area contributed by atoms with Gasteiger partial charge in [-0.25, -0.2) is 12.8 Å². The summed E-state index contributed by atoms with van der Waals surface area (Å²) in [6, 6.07) is 15.1. The fourth-order valence-corrected chi connectivity index (χ4v) is 3.78. The molecule has 0 atom stereocenters. The van der Waals surface area contributed by atoms with Crippen molar-refractivity contribution in [3.8, 4) is 11.8 Å². The van der Waals surface area contributed by atoms with Crippen LogP contribution in [0, 0.1) is 17.1 Å². The van der Waals surface area contributed by atoms with Gasteiger partial charge in [-0.15, -0.1) is 0 Å². The third-order valence-electron chi connectivity index (χ3n) is 4.29. The van der Waals surface area contributed by atoms with Crippen LogP contribution >= 0.6 is 0 Å². The number of hydrogen-bond donors (Lipinski definition) is 2. The average Bonchev–Trinajstić information content (AvgIpc) is 2.79. The fraction of sp³-hybridized carbons (Fsp3) is 0.0909. The zero-order valence-electron chi connectivity index (χ0n) is 17.1. The van der Waals surface area contributed by atoms with Crippen LogP contribution in [0.5, 0.6) is 5.75 Å². The van der Waals surface area contributed by atoms with E-state index in [0.717, 1.165) is 30.3 Å². The molecule has 0 saturated carbocycles. The number of carbonyl (C=O) groups excluding carboxylic acids is 1. The molecule has 0 saturated heterocycles. The van der Waals surface area contributed by atoms with Gasteiger partial charge in [-0.05, 0) is 54.6 Å². The van der Waals surface area contributed by atoms with Crippen LogP contribution in [-0.2, 0) is 10.0 Å². The zero-order chi connectivity index (χ0) is 24.9. The minimum Gasteiger partial charge on any atom is -0.483 e. The second-order valence-electron chi connectivity index (χ2n) is 6.79. The number of rotatable bonds is 7. The minimum atomic E-state index is -4.58. The molecule has 1 amide bonds. The van der Waals surface area contributed by atoms with Gasteiger partial charge in [0.05, 0.1) is 16.1 Å². The largest absolute Gasteiger partial charge is 0.483 e. The van der Waals surface area contributed by atoms with E-state index in [-0.39, 0.29) is 33.1 Å². The van der Waals surface area contributed by atoms with Crippen LogP contribution in [0.25, 0.3) is 0 Å². The molecule has 0 radical (unpaired) electrons. The quantitative estimate of drug-likeness (QED) is 0.464. The Labute approximate surface area is 191 Å². The number of halogens is 4. The first-order valence-corrected chi connectivity index (χ1v) is 10.9. The summed E-state index contributed by atoms with van der Waals surface area (Å²) in [5, 5.41) is 11.6. The molecule has 0 spiro atoms. The number of para-hydroxylation sites is 1. The number of nitrogens with one attached hydrogen (secondary N) is 2. The molecule has 2 N–H and O–H groups in total. The zero-order valence-corrected chi connectivity index (χ0v) is 17.9. The lowest BCUT2D eigenvalue weighted by Gasteiger charge is -2.12. The second kappa shape index (κ2) is 9.80. The number of nitrogens with zero attached hydrogens (tertiary/aromatic N) is 1. The minimum absolute atomic E-state index is 0.0562. The number of hydrogen-bond acceptors (Lipinski definition) is 5. The van der Waals surface area contributed by atoms with Crippen molar-refractivity contribution in [2.24, 2.45) is 0 Å². The van der Waals surface area contributed by atoms with E-state index in [0.29, 0.717) is 0 Å². The molecule has 0 bridgehead atoms. The standard InChI is InChI=1S/C22H15F4N3O4S/c23-18-3-1-2-4-19(18)29-34(31,32)17-8-5-14(6-9-17)21(30)28-16-7-10-20(15(11-16)12-27)33-13-22(24,25)26/h1-11,29H,13H2,(H,28,30). The Morgan fingerprint density at radius 2 is 1.71 bits per heavy atom. The van der Waals surface area contributed by atoms with E-state index in [2.05, 4.69) is 14.8 Å². The molecule has 0 unspecified atom stereocenters. The summed E-state index contributed by atoms with van der Waals surface area (Å²) in [5.74, 6) is -1.72. The fourth-order valence-electron chi connectivity index (χ4n) is 2.72. The van der Waals surface area contributed by atoms with E-state index in [1.807, 2.05) is 0 Å². The molecular weight excluding hydrogens is 478 g/mol. The summed E-state index contributed by atoms with van der Waals surface area (Å²) in [6.07, 6.45) is -4.58. The van der Waals surface area contributed by atoms with Gasteiger partial charge in [-0.1, -0.05) is 12.1 Å². The van der Waals surface area contributed by atoms with Crippen molar-refractivity contribution < 1.29 is 35.5 Å². The van der Waals surface area contributed by atoms with Gasteiger partial charge in [0.25, 0.3) is 15.9 Å². The summed E-state index contributed by atoms with van der Waals surface area (Å²) in [7, 11) is -4.12. The number of nitriles is 1. The first kappa shape index (κ1) is 24.5. The summed E-state index contributed by atoms with van der Waals surface area (Å²) in [4.78, 5) is 12.2. The Morgan fingerprint density at radius 3 is 2.32 bits per heavy atom. The Morgan fingerprint density at radius 1 is 1.03 bits per heavy atom. The van der Waals surface area contributed by atoms with Gasteiger partial charge in [0, 0.05) is 11.3 Å². The van der Waals surface area contributed by atoms with Crippen molar-refractivity contribution in [1.82, 2.24) is 0 Å². The van der Waals surface area contributed by atoms with Gasteiger partial charge in [0.1, 0.15) is 17.6 Å². The second-order valence-corrected chi connectivity index (χ2v) is 8.47. The van der Waals surface area contributed by atoms with E-state index in [1.165, 1.54) is 36.4 Å². The van der Waals surface area contributed by atoms with Gasteiger partial charge < -0.3 is 10.1 Å². The highest BCUT2D eigenvalue weighted by atomic mass is 32.2. The molecule has 0 aromatic heterocycles. The van der Waals surface area contributed by atoms with Gasteiger partial charge in [0.2, 0.25) is 0 Å². The predicted octanol–water partition coefficient (Wildman–Crippen LogP) is 4.69. The van der Waals surface area contributed by atoms with E-state index in [1.54, 1.807) is 6.07 Å². The molecule has 0 aliphatic rings. The van der Waals surface area contributed by atoms with Crippen molar-refractivity contribution in [1.29, 1.82) is 5.26 Å². The molecule has 3 aromatic rings. The van der Waals surface area contributed by atoms with Crippen LogP contribution < -0.4 is 14.8 Å². The average molecular weight is 493 g/mol. The molecule has 0 fully saturated rings. The highest BCUT2D eigenvalue weighted by Crippen LogP contribution is 2.25. The van der Waals surface area contributed by atoms with Crippen molar-refractivity contribution >= 4 is 27.3 Å². The number of ether oxygens (including phenoxy) is 1. The number of anilines is 2. The summed E-state index contributed by atoms with van der Waals surface area (Å²) in [6.45, 7) is -1.57. The number of benzene rings is 3.